The number of hydrogen-bond acceptors (Lipinski definition) is 13. The van der Waals surface area contributed by atoms with Gasteiger partial charge in [0.2, 0.25) is 41.4 Å². The number of thioether (sulfide) groups is 1. The third-order valence-electron chi connectivity index (χ3n) is 11.0. The number of H-pyrrole nitrogens is 1. The van der Waals surface area contributed by atoms with E-state index in [4.69, 9.17) is 5.73 Å². The van der Waals surface area contributed by atoms with E-state index < -0.39 is 121 Å². The maximum absolute atomic E-state index is 14.3. The van der Waals surface area contributed by atoms with Crippen molar-refractivity contribution in [2.24, 2.45) is 22.7 Å². The number of aliphatic hydroxyl groups excluding tert-OH is 1. The predicted octanol–water partition coefficient (Wildman–Crippen LogP) is -1.39. The van der Waals surface area contributed by atoms with Gasteiger partial charge in [0.15, 0.2) is 0 Å². The van der Waals surface area contributed by atoms with Gasteiger partial charge in [-0.2, -0.15) is 4.91 Å². The highest BCUT2D eigenvalue weighted by Crippen LogP contribution is 2.32. The highest BCUT2D eigenvalue weighted by atomic mass is 32.2. The predicted molar refractivity (Wildman–Crippen MR) is 222 cm³/mol. The van der Waals surface area contributed by atoms with Crippen molar-refractivity contribution in [3.63, 3.8) is 0 Å². The Kier molecular flexibility index (Phi) is 17.6. The first-order valence-corrected chi connectivity index (χ1v) is 21.2. The van der Waals surface area contributed by atoms with Crippen molar-refractivity contribution in [1.82, 2.24) is 41.8 Å². The summed E-state index contributed by atoms with van der Waals surface area (Å²) in [6, 6.07) is -0.883. The number of carboxylic acids is 1. The minimum Gasteiger partial charge on any atom is -0.480 e. The summed E-state index contributed by atoms with van der Waals surface area (Å²) in [5, 5.41) is 39.8. The molecule has 7 amide bonds. The minimum absolute atomic E-state index is 0.155. The number of nitrogens with two attached hydrogens (primary N) is 1. The van der Waals surface area contributed by atoms with E-state index in [2.05, 4.69) is 42.1 Å². The van der Waals surface area contributed by atoms with Crippen molar-refractivity contribution in [2.75, 3.05) is 31.9 Å². The van der Waals surface area contributed by atoms with Gasteiger partial charge < -0.3 is 57.7 Å². The number of nitroso groups, excluding NO2 is 1. The molecule has 1 unspecified atom stereocenters. The summed E-state index contributed by atoms with van der Waals surface area (Å²) in [6.45, 7) is 5.09. The second-order valence-electron chi connectivity index (χ2n) is 15.3. The van der Waals surface area contributed by atoms with E-state index in [1.54, 1.807) is 52.0 Å². The molecule has 4 rings (SSSR count). The summed E-state index contributed by atoms with van der Waals surface area (Å²) < 4.78 is 0. The van der Waals surface area contributed by atoms with Gasteiger partial charge in [-0.1, -0.05) is 63.9 Å². The van der Waals surface area contributed by atoms with E-state index >= 15 is 0 Å². The lowest BCUT2D eigenvalue weighted by atomic mass is 9.96. The molecule has 21 nitrogen and oxygen atoms in total. The Bertz CT molecular complexity index is 1960. The lowest BCUT2D eigenvalue weighted by Crippen LogP contribution is -2.60. The minimum atomic E-state index is -1.41. The van der Waals surface area contributed by atoms with Gasteiger partial charge in [0, 0.05) is 36.0 Å². The number of rotatable bonds is 14. The van der Waals surface area contributed by atoms with Gasteiger partial charge in [0.05, 0.1) is 30.8 Å². The Hall–Kier alpha value is -5.61. The van der Waals surface area contributed by atoms with E-state index in [-0.39, 0.29) is 31.6 Å². The zero-order valence-electron chi connectivity index (χ0n) is 34.5. The maximum Gasteiger partial charge on any atom is 0.326 e. The van der Waals surface area contributed by atoms with Crippen LogP contribution in [-0.4, -0.2) is 142 Å². The number of amides is 7. The number of hydrogen-bond donors (Lipinski definition) is 10. The van der Waals surface area contributed by atoms with Gasteiger partial charge in [-0.15, -0.1) is 11.8 Å². The number of aromatic nitrogens is 1. The molecule has 22 heteroatoms. The summed E-state index contributed by atoms with van der Waals surface area (Å²) in [6.07, 6.45) is -1.01. The molecule has 1 saturated heterocycles. The number of para-hydroxylation sites is 1. The Morgan fingerprint density at radius 3 is 2.38 bits per heavy atom. The molecule has 0 radical (unpaired) electrons. The number of carbonyl (C=O) groups excluding carboxylic acids is 7. The van der Waals surface area contributed by atoms with E-state index in [0.29, 0.717) is 34.3 Å². The summed E-state index contributed by atoms with van der Waals surface area (Å²) in [5.41, 5.74) is 6.69. The van der Waals surface area contributed by atoms with Crippen LogP contribution in [0.2, 0.25) is 0 Å². The molecule has 1 aromatic heterocycles. The topological polar surface area (TPSA) is 324 Å². The van der Waals surface area contributed by atoms with Crippen LogP contribution in [0.5, 0.6) is 0 Å². The molecule has 0 aliphatic carbocycles. The Morgan fingerprint density at radius 2 is 1.72 bits per heavy atom. The second kappa shape index (κ2) is 22.3. The standard InChI is InChI=1S/C39H56N10O11S/c1-5-19(3)31-36(56)45-26(33(53)41-16-30(52)47-32(39(58)59)20(4)6-2)14-23-22-9-7-8-10-24(22)46-37(23)61-18-27(43-29(51)15-40)34(54)44-25(11-12-42-60)38(57)49-17-21(50)13-28(49)35(55)48-31/h7-10,19-21,25-28,31-32,46,50H,5-6,11-18,40H2,1-4H3,(H,41,53)(H,43,51)(H,44,54)(H,45,56)(H,47,52)(H,48,55)(H,58,59)/t19-,20-,21+,25-,26-,27-,28-,31-,32?/m0/s1. The quantitative estimate of drug-likeness (QED) is 0.0980. The van der Waals surface area contributed by atoms with Crippen LogP contribution in [0.15, 0.2) is 34.5 Å². The fraction of sp³-hybridized carbons (Fsp3) is 0.590. The van der Waals surface area contributed by atoms with Gasteiger partial charge in [-0.25, -0.2) is 4.79 Å². The number of carboxylic acid groups (broad SMARTS) is 1. The summed E-state index contributed by atoms with van der Waals surface area (Å²) in [5.74, 6) is -7.86. The van der Waals surface area contributed by atoms with Gasteiger partial charge in [0.1, 0.15) is 36.3 Å². The molecular formula is C39H56N10O11S. The SMILES string of the molecule is CC[C@H](C)C(NC(=O)CNC(=O)[C@@H]1Cc2c([nH]c3ccccc23)SC[C@H](NC(=O)CN)C(=O)N[C@@H](CCN=O)C(=O)N2C[C@H](O)C[C@H]2C(=O)N[C@@H]([C@@H](C)CC)C(=O)N1)C(=O)O. The lowest BCUT2D eigenvalue weighted by Gasteiger charge is -2.32. The van der Waals surface area contributed by atoms with E-state index in [0.717, 1.165) is 16.7 Å². The molecule has 9 atom stereocenters. The van der Waals surface area contributed by atoms with Crippen molar-refractivity contribution in [1.29, 1.82) is 0 Å². The zero-order chi connectivity index (χ0) is 45.0. The van der Waals surface area contributed by atoms with Gasteiger partial charge in [-0.3, -0.25) is 33.6 Å². The highest BCUT2D eigenvalue weighted by Gasteiger charge is 2.43. The van der Waals surface area contributed by atoms with Crippen LogP contribution in [0.3, 0.4) is 0 Å². The molecule has 2 aliphatic heterocycles. The summed E-state index contributed by atoms with van der Waals surface area (Å²) in [4.78, 5) is 123. The van der Waals surface area contributed by atoms with Crippen LogP contribution >= 0.6 is 11.8 Å². The monoisotopic (exact) mass is 872 g/mol. The zero-order valence-corrected chi connectivity index (χ0v) is 35.3. The van der Waals surface area contributed by atoms with E-state index in [1.807, 2.05) is 0 Å². The number of aliphatic hydroxyl groups is 1. The van der Waals surface area contributed by atoms with Crippen molar-refractivity contribution >= 4 is 70.0 Å². The lowest BCUT2D eigenvalue weighted by molar-refractivity contribution is -0.143. The average Bonchev–Trinajstić information content (AvgIpc) is 3.81. The Balaban J connectivity index is 1.81. The Morgan fingerprint density at radius 1 is 1.00 bits per heavy atom. The third kappa shape index (κ3) is 12.5. The van der Waals surface area contributed by atoms with Crippen LogP contribution in [0.25, 0.3) is 10.9 Å². The fourth-order valence-corrected chi connectivity index (χ4v) is 8.26. The number of aromatic amines is 1. The molecule has 0 spiro atoms. The maximum atomic E-state index is 14.3. The first-order chi connectivity index (χ1) is 29.0. The van der Waals surface area contributed by atoms with E-state index in [1.165, 1.54) is 0 Å². The normalized spacial score (nSPS) is 24.3. The summed E-state index contributed by atoms with van der Waals surface area (Å²) >= 11 is 1.08. The fourth-order valence-electron chi connectivity index (χ4n) is 7.15. The van der Waals surface area contributed by atoms with Crippen molar-refractivity contribution in [3.8, 4) is 0 Å². The molecule has 3 heterocycles. The molecule has 11 N–H and O–H groups in total. The molecule has 1 aromatic carbocycles. The van der Waals surface area contributed by atoms with Gasteiger partial charge in [-0.05, 0) is 29.9 Å². The molecule has 0 bridgehead atoms. The van der Waals surface area contributed by atoms with E-state index in [9.17, 15) is 53.5 Å². The first-order valence-electron chi connectivity index (χ1n) is 20.2. The molecule has 1 fully saturated rings. The highest BCUT2D eigenvalue weighted by molar-refractivity contribution is 7.99. The van der Waals surface area contributed by atoms with Crippen LogP contribution in [0.1, 0.15) is 58.9 Å². The van der Waals surface area contributed by atoms with Crippen LogP contribution in [-0.2, 0) is 44.8 Å². The van der Waals surface area contributed by atoms with Crippen LogP contribution < -0.4 is 37.6 Å². The molecule has 2 aromatic rings. The number of nitrogens with zero attached hydrogens (tertiary/aromatic N) is 2. The van der Waals surface area contributed by atoms with Gasteiger partial charge in [0.25, 0.3) is 0 Å². The largest absolute Gasteiger partial charge is 0.480 e. The smallest absolute Gasteiger partial charge is 0.326 e. The second-order valence-corrected chi connectivity index (χ2v) is 16.4. The molecular weight excluding hydrogens is 817 g/mol. The Labute approximate surface area is 356 Å². The summed E-state index contributed by atoms with van der Waals surface area (Å²) in [7, 11) is 0. The molecule has 61 heavy (non-hydrogen) atoms. The number of benzene rings is 1. The van der Waals surface area contributed by atoms with Gasteiger partial charge >= 0.3 is 5.97 Å². The van der Waals surface area contributed by atoms with Crippen LogP contribution in [0.4, 0.5) is 0 Å². The number of nitrogens with one attached hydrogen (secondary N) is 7. The van der Waals surface area contributed by atoms with Crippen molar-refractivity contribution < 1.29 is 48.6 Å². The third-order valence-corrected chi connectivity index (χ3v) is 12.2. The number of fused-ring (bicyclic) bond motifs is 4. The molecule has 0 saturated carbocycles. The first kappa shape index (κ1) is 48.1. The molecule has 2 aliphatic rings. The van der Waals surface area contributed by atoms with Crippen molar-refractivity contribution in [3.05, 3.63) is 34.7 Å². The number of aliphatic carboxylic acids is 1. The van der Waals surface area contributed by atoms with Crippen LogP contribution in [0, 0.1) is 16.7 Å². The van der Waals surface area contributed by atoms with Crippen molar-refractivity contribution in [2.45, 2.75) is 107 Å². The molecule has 334 valence electrons. The average molecular weight is 873 g/mol. The number of carbonyl (C=O) groups is 8.